The molecule has 0 radical (unpaired) electrons. The van der Waals surface area contributed by atoms with Crippen molar-refractivity contribution in [2.24, 2.45) is 0 Å². The number of hydrogen-bond donors (Lipinski definition) is 1. The maximum Gasteiger partial charge on any atom is 0.135 e. The molecule has 3 aromatic rings. The summed E-state index contributed by atoms with van der Waals surface area (Å²) in [6.45, 7) is 2.76. The van der Waals surface area contributed by atoms with Crippen LogP contribution in [0.2, 0.25) is 0 Å². The quantitative estimate of drug-likeness (QED) is 0.718. The molecule has 2 heterocycles. The summed E-state index contributed by atoms with van der Waals surface area (Å²) in [5, 5.41) is 12.3. The van der Waals surface area contributed by atoms with Crippen LogP contribution in [0.3, 0.4) is 0 Å². The summed E-state index contributed by atoms with van der Waals surface area (Å²) in [5.74, 6) is 1.75. The molecule has 0 saturated carbocycles. The van der Waals surface area contributed by atoms with E-state index in [1.54, 1.807) is 7.11 Å². The number of nitriles is 1. The average molecular weight is 374 g/mol. The SMILES string of the molecule is COc1ccccc1-c1cn2c(n1)COC(CNCc1ccc(C#N)cc1)C2. The number of ether oxygens (including phenoxy) is 2. The molecular weight excluding hydrogens is 352 g/mol. The number of aromatic nitrogens is 2. The molecule has 1 aliphatic heterocycles. The van der Waals surface area contributed by atoms with Crippen molar-refractivity contribution >= 4 is 0 Å². The van der Waals surface area contributed by atoms with E-state index >= 15 is 0 Å². The van der Waals surface area contributed by atoms with Crippen molar-refractivity contribution in [3.05, 3.63) is 71.7 Å². The first-order valence-corrected chi connectivity index (χ1v) is 9.27. The molecule has 2 aromatic carbocycles. The number of rotatable bonds is 6. The molecular formula is C22H22N4O2. The van der Waals surface area contributed by atoms with Crippen LogP contribution in [-0.4, -0.2) is 29.3 Å². The number of fused-ring (bicyclic) bond motifs is 1. The Labute approximate surface area is 164 Å². The molecule has 1 aromatic heterocycles. The molecule has 0 spiro atoms. The van der Waals surface area contributed by atoms with Crippen LogP contribution in [0.15, 0.2) is 54.7 Å². The van der Waals surface area contributed by atoms with Crippen molar-refractivity contribution in [3.8, 4) is 23.1 Å². The molecule has 28 heavy (non-hydrogen) atoms. The summed E-state index contributed by atoms with van der Waals surface area (Å²) < 4.78 is 13.6. The second kappa shape index (κ2) is 8.26. The van der Waals surface area contributed by atoms with Gasteiger partial charge >= 0.3 is 0 Å². The lowest BCUT2D eigenvalue weighted by molar-refractivity contribution is 0.00278. The molecule has 6 nitrogen and oxygen atoms in total. The highest BCUT2D eigenvalue weighted by atomic mass is 16.5. The summed E-state index contributed by atoms with van der Waals surface area (Å²) in [4.78, 5) is 4.72. The van der Waals surface area contributed by atoms with Gasteiger partial charge in [-0.05, 0) is 29.8 Å². The van der Waals surface area contributed by atoms with Crippen LogP contribution < -0.4 is 10.1 Å². The standard InChI is InChI=1S/C22H22N4O2/c1-27-21-5-3-2-4-19(21)20-14-26-13-18(28-15-22(26)25-20)12-24-11-17-8-6-16(10-23)7-9-17/h2-9,14,18,24H,11-13,15H2,1H3. The highest BCUT2D eigenvalue weighted by molar-refractivity contribution is 5.66. The lowest BCUT2D eigenvalue weighted by Gasteiger charge is -2.24. The predicted molar refractivity (Wildman–Crippen MR) is 106 cm³/mol. The van der Waals surface area contributed by atoms with E-state index in [9.17, 15) is 0 Å². The van der Waals surface area contributed by atoms with Gasteiger partial charge in [-0.1, -0.05) is 24.3 Å². The molecule has 0 saturated heterocycles. The molecule has 1 N–H and O–H groups in total. The molecule has 1 unspecified atom stereocenters. The van der Waals surface area contributed by atoms with E-state index in [2.05, 4.69) is 22.1 Å². The van der Waals surface area contributed by atoms with Crippen LogP contribution in [0.25, 0.3) is 11.3 Å². The van der Waals surface area contributed by atoms with E-state index in [4.69, 9.17) is 19.7 Å². The summed E-state index contributed by atoms with van der Waals surface area (Å²) >= 11 is 0. The van der Waals surface area contributed by atoms with Crippen molar-refractivity contribution in [2.45, 2.75) is 25.8 Å². The number of nitrogens with one attached hydrogen (secondary N) is 1. The number of hydrogen-bond acceptors (Lipinski definition) is 5. The van der Waals surface area contributed by atoms with Crippen LogP contribution in [0.1, 0.15) is 17.0 Å². The van der Waals surface area contributed by atoms with Gasteiger partial charge in [-0.15, -0.1) is 0 Å². The second-order valence-electron chi connectivity index (χ2n) is 6.77. The molecule has 1 aliphatic rings. The van der Waals surface area contributed by atoms with E-state index < -0.39 is 0 Å². The Morgan fingerprint density at radius 1 is 1.25 bits per heavy atom. The molecule has 0 aliphatic carbocycles. The number of benzene rings is 2. The minimum Gasteiger partial charge on any atom is -0.496 e. The van der Waals surface area contributed by atoms with Crippen LogP contribution in [0.4, 0.5) is 0 Å². The van der Waals surface area contributed by atoms with Gasteiger partial charge in [-0.25, -0.2) is 4.98 Å². The van der Waals surface area contributed by atoms with E-state index in [0.717, 1.165) is 48.0 Å². The largest absolute Gasteiger partial charge is 0.496 e. The Hall–Kier alpha value is -3.14. The van der Waals surface area contributed by atoms with Crippen LogP contribution in [-0.2, 0) is 24.4 Å². The highest BCUT2D eigenvalue weighted by Crippen LogP contribution is 2.30. The zero-order valence-corrected chi connectivity index (χ0v) is 15.8. The van der Waals surface area contributed by atoms with Crippen LogP contribution in [0, 0.1) is 11.3 Å². The zero-order chi connectivity index (χ0) is 19.3. The number of para-hydroxylation sites is 1. The van der Waals surface area contributed by atoms with Crippen molar-refractivity contribution in [2.75, 3.05) is 13.7 Å². The Morgan fingerprint density at radius 3 is 2.86 bits per heavy atom. The third-order valence-corrected chi connectivity index (χ3v) is 4.87. The zero-order valence-electron chi connectivity index (χ0n) is 15.8. The number of imidazole rings is 1. The predicted octanol–water partition coefficient (Wildman–Crippen LogP) is 3.12. The fourth-order valence-corrected chi connectivity index (χ4v) is 3.38. The molecule has 0 amide bonds. The van der Waals surface area contributed by atoms with Crippen molar-refractivity contribution < 1.29 is 9.47 Å². The fraction of sp³-hybridized carbons (Fsp3) is 0.273. The van der Waals surface area contributed by atoms with Gasteiger partial charge in [0.2, 0.25) is 0 Å². The molecule has 0 bridgehead atoms. The van der Waals surface area contributed by atoms with E-state index in [1.165, 1.54) is 0 Å². The molecule has 1 atom stereocenters. The average Bonchev–Trinajstić information content (AvgIpc) is 3.17. The lowest BCUT2D eigenvalue weighted by atomic mass is 10.1. The molecule has 4 rings (SSSR count). The maximum atomic E-state index is 8.86. The first-order chi connectivity index (χ1) is 13.8. The van der Waals surface area contributed by atoms with Crippen molar-refractivity contribution in [3.63, 3.8) is 0 Å². The van der Waals surface area contributed by atoms with Gasteiger partial charge in [-0.3, -0.25) is 0 Å². The highest BCUT2D eigenvalue weighted by Gasteiger charge is 2.21. The lowest BCUT2D eigenvalue weighted by Crippen LogP contribution is -2.35. The van der Waals surface area contributed by atoms with Crippen molar-refractivity contribution in [1.82, 2.24) is 14.9 Å². The summed E-state index contributed by atoms with van der Waals surface area (Å²) in [7, 11) is 1.67. The third kappa shape index (κ3) is 3.91. The Morgan fingerprint density at radius 2 is 2.07 bits per heavy atom. The third-order valence-electron chi connectivity index (χ3n) is 4.87. The van der Waals surface area contributed by atoms with Crippen LogP contribution >= 0.6 is 0 Å². The van der Waals surface area contributed by atoms with Crippen molar-refractivity contribution in [1.29, 1.82) is 5.26 Å². The Bertz CT molecular complexity index is 989. The first kappa shape index (κ1) is 18.2. The van der Waals surface area contributed by atoms with Gasteiger partial charge in [0, 0.05) is 24.8 Å². The van der Waals surface area contributed by atoms with Gasteiger partial charge in [0.05, 0.1) is 37.1 Å². The summed E-state index contributed by atoms with van der Waals surface area (Å²) in [5.41, 5.74) is 3.72. The van der Waals surface area contributed by atoms with Gasteiger partial charge < -0.3 is 19.4 Å². The van der Waals surface area contributed by atoms with Crippen LogP contribution in [0.5, 0.6) is 5.75 Å². The fourth-order valence-electron chi connectivity index (χ4n) is 3.38. The van der Waals surface area contributed by atoms with Gasteiger partial charge in [-0.2, -0.15) is 5.26 Å². The normalized spacial score (nSPS) is 15.6. The van der Waals surface area contributed by atoms with E-state index in [1.807, 2.05) is 48.5 Å². The minimum absolute atomic E-state index is 0.0885. The van der Waals surface area contributed by atoms with Gasteiger partial charge in [0.15, 0.2) is 0 Å². The maximum absolute atomic E-state index is 8.86. The number of nitrogens with zero attached hydrogens (tertiary/aromatic N) is 3. The summed E-state index contributed by atoms with van der Waals surface area (Å²) in [6, 6.07) is 17.7. The Kier molecular flexibility index (Phi) is 5.38. The van der Waals surface area contributed by atoms with E-state index in [-0.39, 0.29) is 6.10 Å². The minimum atomic E-state index is 0.0885. The monoisotopic (exact) mass is 374 g/mol. The molecule has 142 valence electrons. The van der Waals surface area contributed by atoms with E-state index in [0.29, 0.717) is 12.2 Å². The topological polar surface area (TPSA) is 72.1 Å². The molecule has 0 fully saturated rings. The smallest absolute Gasteiger partial charge is 0.135 e. The second-order valence-corrected chi connectivity index (χ2v) is 6.77. The van der Waals surface area contributed by atoms with Gasteiger partial charge in [0.25, 0.3) is 0 Å². The summed E-state index contributed by atoms with van der Waals surface area (Å²) in [6.07, 6.45) is 2.16. The Balaban J connectivity index is 1.37. The number of methoxy groups -OCH3 is 1. The first-order valence-electron chi connectivity index (χ1n) is 9.27. The molecule has 6 heteroatoms. The van der Waals surface area contributed by atoms with Gasteiger partial charge in [0.1, 0.15) is 18.2 Å².